The molecule has 0 spiro atoms. The summed E-state index contributed by atoms with van der Waals surface area (Å²) in [5.74, 6) is -0.00958. The number of fused-ring (bicyclic) bond motifs is 5. The molecule has 0 amide bonds. The SMILES string of the molecule is Cc1cc2cccc3c2n1C1=CCC(c2cc4ccccc4c4ccccc24)C=C1S3(=O)=O. The first kappa shape index (κ1) is 18.9. The first-order chi connectivity index (χ1) is 16.0. The van der Waals surface area contributed by atoms with E-state index in [1.807, 2.05) is 25.1 Å². The molecular weight excluding hydrogens is 426 g/mol. The Morgan fingerprint density at radius 3 is 2.39 bits per heavy atom. The maximum Gasteiger partial charge on any atom is 0.210 e. The third-order valence-corrected chi connectivity index (χ3v) is 8.99. The van der Waals surface area contributed by atoms with Crippen molar-refractivity contribution >= 4 is 48.0 Å². The fourth-order valence-corrected chi connectivity index (χ4v) is 7.47. The van der Waals surface area contributed by atoms with E-state index < -0.39 is 9.84 Å². The molecule has 1 aliphatic heterocycles. The van der Waals surface area contributed by atoms with Crippen LogP contribution in [-0.2, 0) is 9.84 Å². The predicted molar refractivity (Wildman–Crippen MR) is 135 cm³/mol. The van der Waals surface area contributed by atoms with Gasteiger partial charge in [0.2, 0.25) is 9.84 Å². The Balaban J connectivity index is 1.49. The quantitative estimate of drug-likeness (QED) is 0.261. The van der Waals surface area contributed by atoms with Gasteiger partial charge in [-0.2, -0.15) is 0 Å². The molecule has 4 heteroatoms. The molecule has 1 aromatic heterocycles. The van der Waals surface area contributed by atoms with Crippen molar-refractivity contribution in [3.8, 4) is 0 Å². The van der Waals surface area contributed by atoms with E-state index in [4.69, 9.17) is 0 Å². The molecule has 0 saturated heterocycles. The van der Waals surface area contributed by atoms with Gasteiger partial charge in [0.05, 0.1) is 21.0 Å². The molecule has 0 bridgehead atoms. The van der Waals surface area contributed by atoms with Gasteiger partial charge in [0.15, 0.2) is 0 Å². The highest BCUT2D eigenvalue weighted by atomic mass is 32.2. The Morgan fingerprint density at radius 1 is 0.818 bits per heavy atom. The minimum absolute atomic E-state index is 0.00958. The van der Waals surface area contributed by atoms with Gasteiger partial charge >= 0.3 is 0 Å². The summed E-state index contributed by atoms with van der Waals surface area (Å²) in [5, 5.41) is 5.76. The molecule has 33 heavy (non-hydrogen) atoms. The summed E-state index contributed by atoms with van der Waals surface area (Å²) in [4.78, 5) is 0.829. The van der Waals surface area contributed by atoms with Gasteiger partial charge in [0.1, 0.15) is 0 Å². The molecule has 0 fully saturated rings. The van der Waals surface area contributed by atoms with Crippen molar-refractivity contribution in [2.45, 2.75) is 24.2 Å². The van der Waals surface area contributed by atoms with Crippen LogP contribution in [0.5, 0.6) is 0 Å². The molecule has 1 atom stereocenters. The molecule has 5 aromatic rings. The number of benzene rings is 4. The van der Waals surface area contributed by atoms with Crippen molar-refractivity contribution in [2.75, 3.05) is 0 Å². The number of nitrogens with zero attached hydrogens (tertiary/aromatic N) is 1. The van der Waals surface area contributed by atoms with E-state index in [2.05, 4.69) is 71.3 Å². The molecule has 1 aliphatic carbocycles. The standard InChI is InChI=1S/C29H21NO2S/c1-18-15-21-8-6-12-27-29(21)30(18)26-14-13-20(17-28(26)33(27,31)32)25-16-19-7-2-3-9-22(19)23-10-4-5-11-24(23)25/h2-12,14-17,20H,13H2,1H3. The van der Waals surface area contributed by atoms with E-state index in [9.17, 15) is 8.42 Å². The first-order valence-electron chi connectivity index (χ1n) is 11.2. The van der Waals surface area contributed by atoms with Crippen LogP contribution in [0.25, 0.3) is 38.1 Å². The Morgan fingerprint density at radius 2 is 1.55 bits per heavy atom. The summed E-state index contributed by atoms with van der Waals surface area (Å²) in [6.07, 6.45) is 4.87. The van der Waals surface area contributed by atoms with Crippen molar-refractivity contribution in [3.63, 3.8) is 0 Å². The summed E-state index contributed by atoms with van der Waals surface area (Å²) < 4.78 is 29.6. The van der Waals surface area contributed by atoms with Gasteiger partial charge in [0, 0.05) is 17.0 Å². The fourth-order valence-electron chi connectivity index (χ4n) is 5.72. The minimum Gasteiger partial charge on any atom is -0.312 e. The number of aromatic nitrogens is 1. The lowest BCUT2D eigenvalue weighted by Gasteiger charge is -2.29. The number of allylic oxidation sites excluding steroid dienone is 3. The van der Waals surface area contributed by atoms with Gasteiger partial charge in [0.25, 0.3) is 0 Å². The van der Waals surface area contributed by atoms with Crippen LogP contribution in [0, 0.1) is 6.92 Å². The largest absolute Gasteiger partial charge is 0.312 e. The summed E-state index contributed by atoms with van der Waals surface area (Å²) in [6, 6.07) is 26.7. The molecule has 2 aliphatic rings. The third kappa shape index (κ3) is 2.47. The van der Waals surface area contributed by atoms with Crippen molar-refractivity contribution in [1.29, 1.82) is 0 Å². The van der Waals surface area contributed by atoms with Crippen LogP contribution >= 0.6 is 0 Å². The van der Waals surface area contributed by atoms with E-state index in [0.717, 1.165) is 28.7 Å². The number of sulfone groups is 1. The molecule has 2 heterocycles. The van der Waals surface area contributed by atoms with Gasteiger partial charge in [-0.05, 0) is 58.7 Å². The Hall–Kier alpha value is -3.63. The number of para-hydroxylation sites is 1. The molecule has 1 unspecified atom stereocenters. The van der Waals surface area contributed by atoms with Gasteiger partial charge < -0.3 is 4.57 Å². The van der Waals surface area contributed by atoms with Crippen LogP contribution in [0.4, 0.5) is 0 Å². The normalized spacial score (nSPS) is 18.9. The highest BCUT2D eigenvalue weighted by Crippen LogP contribution is 2.46. The van der Waals surface area contributed by atoms with E-state index in [-0.39, 0.29) is 5.92 Å². The number of rotatable bonds is 1. The summed E-state index contributed by atoms with van der Waals surface area (Å²) in [5.41, 5.74) is 3.82. The lowest BCUT2D eigenvalue weighted by Crippen LogP contribution is -2.21. The Labute approximate surface area is 192 Å². The second kappa shape index (κ2) is 6.46. The summed E-state index contributed by atoms with van der Waals surface area (Å²) in [7, 11) is -3.60. The van der Waals surface area contributed by atoms with Crippen molar-refractivity contribution in [1.82, 2.24) is 4.57 Å². The monoisotopic (exact) mass is 447 g/mol. The van der Waals surface area contributed by atoms with E-state index in [0.29, 0.717) is 9.80 Å². The van der Waals surface area contributed by atoms with Crippen LogP contribution in [-0.4, -0.2) is 13.0 Å². The summed E-state index contributed by atoms with van der Waals surface area (Å²) >= 11 is 0. The molecule has 3 nitrogen and oxygen atoms in total. The van der Waals surface area contributed by atoms with Crippen LogP contribution in [0.3, 0.4) is 0 Å². The topological polar surface area (TPSA) is 39.1 Å². The molecule has 0 N–H and O–H groups in total. The van der Waals surface area contributed by atoms with Gasteiger partial charge in [-0.15, -0.1) is 0 Å². The van der Waals surface area contributed by atoms with Crippen LogP contribution in [0.15, 0.2) is 101 Å². The first-order valence-corrected chi connectivity index (χ1v) is 12.7. The zero-order chi connectivity index (χ0) is 22.3. The van der Waals surface area contributed by atoms with Crippen molar-refractivity contribution in [3.05, 3.63) is 107 Å². The highest BCUT2D eigenvalue weighted by Gasteiger charge is 2.37. The van der Waals surface area contributed by atoms with Crippen molar-refractivity contribution < 1.29 is 8.42 Å². The van der Waals surface area contributed by atoms with E-state index in [1.54, 1.807) is 6.07 Å². The molecule has 0 radical (unpaired) electrons. The summed E-state index contributed by atoms with van der Waals surface area (Å²) in [6.45, 7) is 2.04. The van der Waals surface area contributed by atoms with E-state index in [1.165, 1.54) is 27.1 Å². The lowest BCUT2D eigenvalue weighted by molar-refractivity contribution is 0.601. The molecular formula is C29H21NO2S. The average Bonchev–Trinajstić information content (AvgIpc) is 3.18. The molecule has 160 valence electrons. The maximum absolute atomic E-state index is 13.8. The number of hydrogen-bond acceptors (Lipinski definition) is 2. The van der Waals surface area contributed by atoms with Crippen LogP contribution in [0.2, 0.25) is 0 Å². The van der Waals surface area contributed by atoms with Gasteiger partial charge in [-0.3, -0.25) is 0 Å². The second-order valence-corrected chi connectivity index (χ2v) is 10.9. The third-order valence-electron chi connectivity index (χ3n) is 7.16. The Bertz CT molecular complexity index is 1820. The van der Waals surface area contributed by atoms with E-state index >= 15 is 0 Å². The predicted octanol–water partition coefficient (Wildman–Crippen LogP) is 6.96. The van der Waals surface area contributed by atoms with Crippen molar-refractivity contribution in [2.24, 2.45) is 0 Å². The zero-order valence-electron chi connectivity index (χ0n) is 18.1. The lowest BCUT2D eigenvalue weighted by atomic mass is 9.86. The van der Waals surface area contributed by atoms with Crippen LogP contribution < -0.4 is 0 Å². The second-order valence-electron chi connectivity index (χ2n) is 9.01. The maximum atomic E-state index is 13.8. The van der Waals surface area contributed by atoms with Gasteiger partial charge in [-0.1, -0.05) is 72.8 Å². The smallest absolute Gasteiger partial charge is 0.210 e. The molecule has 0 saturated carbocycles. The minimum atomic E-state index is -3.60. The number of aryl methyl sites for hydroxylation is 1. The fraction of sp³-hybridized carbons (Fsp3) is 0.103. The Kier molecular flexibility index (Phi) is 3.70. The highest BCUT2D eigenvalue weighted by molar-refractivity contribution is 7.96. The van der Waals surface area contributed by atoms with Gasteiger partial charge in [-0.25, -0.2) is 8.42 Å². The van der Waals surface area contributed by atoms with Crippen LogP contribution in [0.1, 0.15) is 23.6 Å². The molecule has 4 aromatic carbocycles. The molecule has 7 rings (SSSR count). The zero-order valence-corrected chi connectivity index (χ0v) is 18.9. The average molecular weight is 448 g/mol. The number of hydrogen-bond donors (Lipinski definition) is 0.